The fraction of sp³-hybridized carbons (Fsp3) is 0.364. The molecule has 0 heterocycles. The topological polar surface area (TPSA) is 29.1 Å². The Kier molecular flexibility index (Phi) is 3.97. The number of rotatable bonds is 1. The number of halogens is 3. The standard InChI is InChI=1S/C11H12BrClFNO/c1-11(2,3)10(16)15-8-5-6(13)4-7(12)9(8)14/h4-5H,1-3H3,(H,15,16). The van der Waals surface area contributed by atoms with Gasteiger partial charge in [-0.1, -0.05) is 32.4 Å². The Morgan fingerprint density at radius 1 is 1.44 bits per heavy atom. The summed E-state index contributed by atoms with van der Waals surface area (Å²) in [7, 11) is 0. The number of carbonyl (C=O) groups is 1. The van der Waals surface area contributed by atoms with Crippen LogP contribution in [0.1, 0.15) is 20.8 Å². The smallest absolute Gasteiger partial charge is 0.229 e. The van der Waals surface area contributed by atoms with Gasteiger partial charge in [0.25, 0.3) is 0 Å². The summed E-state index contributed by atoms with van der Waals surface area (Å²) < 4.78 is 13.8. The van der Waals surface area contributed by atoms with Crippen molar-refractivity contribution in [3.63, 3.8) is 0 Å². The fourth-order valence-corrected chi connectivity index (χ4v) is 1.77. The van der Waals surface area contributed by atoms with Gasteiger partial charge in [0.1, 0.15) is 0 Å². The molecule has 1 aromatic carbocycles. The van der Waals surface area contributed by atoms with Gasteiger partial charge in [-0.2, -0.15) is 0 Å². The highest BCUT2D eigenvalue weighted by Gasteiger charge is 2.22. The summed E-state index contributed by atoms with van der Waals surface area (Å²) in [4.78, 5) is 11.7. The lowest BCUT2D eigenvalue weighted by Gasteiger charge is -2.18. The highest BCUT2D eigenvalue weighted by Crippen LogP contribution is 2.29. The summed E-state index contributed by atoms with van der Waals surface area (Å²) in [6.07, 6.45) is 0. The second-order valence-electron chi connectivity index (χ2n) is 4.45. The van der Waals surface area contributed by atoms with E-state index in [2.05, 4.69) is 21.2 Å². The fourth-order valence-electron chi connectivity index (χ4n) is 0.957. The van der Waals surface area contributed by atoms with Crippen molar-refractivity contribution < 1.29 is 9.18 Å². The van der Waals surface area contributed by atoms with Crippen LogP contribution in [0.15, 0.2) is 16.6 Å². The van der Waals surface area contributed by atoms with Crippen molar-refractivity contribution in [3.8, 4) is 0 Å². The van der Waals surface area contributed by atoms with E-state index in [0.29, 0.717) is 5.02 Å². The molecule has 16 heavy (non-hydrogen) atoms. The van der Waals surface area contributed by atoms with Crippen molar-refractivity contribution in [1.82, 2.24) is 0 Å². The van der Waals surface area contributed by atoms with Gasteiger partial charge in [0.05, 0.1) is 10.2 Å². The van der Waals surface area contributed by atoms with E-state index in [4.69, 9.17) is 11.6 Å². The van der Waals surface area contributed by atoms with Crippen LogP contribution in [0.3, 0.4) is 0 Å². The first-order chi connectivity index (χ1) is 7.21. The summed E-state index contributed by atoms with van der Waals surface area (Å²) >= 11 is 8.80. The molecule has 0 aliphatic heterocycles. The Balaban J connectivity index is 3.03. The lowest BCUT2D eigenvalue weighted by molar-refractivity contribution is -0.123. The van der Waals surface area contributed by atoms with Crippen LogP contribution in [-0.2, 0) is 4.79 Å². The van der Waals surface area contributed by atoms with E-state index in [1.54, 1.807) is 20.8 Å². The molecule has 0 unspecified atom stereocenters. The monoisotopic (exact) mass is 307 g/mol. The van der Waals surface area contributed by atoms with Crippen LogP contribution < -0.4 is 5.32 Å². The van der Waals surface area contributed by atoms with Crippen LogP contribution >= 0.6 is 27.5 Å². The predicted octanol–water partition coefficient (Wildman–Crippen LogP) is 4.23. The van der Waals surface area contributed by atoms with Crippen LogP contribution in [0.25, 0.3) is 0 Å². The van der Waals surface area contributed by atoms with Crippen LogP contribution in [0.2, 0.25) is 5.02 Å². The molecule has 1 aromatic rings. The van der Waals surface area contributed by atoms with Gasteiger partial charge >= 0.3 is 0 Å². The molecule has 1 amide bonds. The van der Waals surface area contributed by atoms with Gasteiger partial charge in [0.2, 0.25) is 5.91 Å². The quantitative estimate of drug-likeness (QED) is 0.773. The zero-order chi connectivity index (χ0) is 12.5. The van der Waals surface area contributed by atoms with E-state index < -0.39 is 11.2 Å². The van der Waals surface area contributed by atoms with E-state index in [9.17, 15) is 9.18 Å². The first-order valence-corrected chi connectivity index (χ1v) is 5.85. The van der Waals surface area contributed by atoms with Crippen molar-refractivity contribution in [2.75, 3.05) is 5.32 Å². The molecule has 0 spiro atoms. The zero-order valence-electron chi connectivity index (χ0n) is 9.20. The first kappa shape index (κ1) is 13.5. The molecule has 0 aliphatic rings. The Labute approximate surface area is 107 Å². The lowest BCUT2D eigenvalue weighted by Crippen LogP contribution is -2.28. The Hall–Kier alpha value is -0.610. The average Bonchev–Trinajstić information content (AvgIpc) is 2.11. The van der Waals surface area contributed by atoms with Crippen molar-refractivity contribution >= 4 is 39.1 Å². The molecule has 0 bridgehead atoms. The van der Waals surface area contributed by atoms with Crippen LogP contribution in [0.5, 0.6) is 0 Å². The molecule has 0 saturated heterocycles. The number of hydrogen-bond acceptors (Lipinski definition) is 1. The number of amides is 1. The molecule has 1 rings (SSSR count). The molecule has 2 nitrogen and oxygen atoms in total. The normalized spacial score (nSPS) is 11.4. The van der Waals surface area contributed by atoms with Gasteiger partial charge in [0, 0.05) is 10.4 Å². The molecule has 0 fully saturated rings. The molecular formula is C11H12BrClFNO. The Morgan fingerprint density at radius 2 is 2.00 bits per heavy atom. The van der Waals surface area contributed by atoms with Gasteiger partial charge in [-0.25, -0.2) is 4.39 Å². The van der Waals surface area contributed by atoms with E-state index in [1.165, 1.54) is 12.1 Å². The lowest BCUT2D eigenvalue weighted by atomic mass is 9.95. The summed E-state index contributed by atoms with van der Waals surface area (Å²) in [5.74, 6) is -0.789. The maximum absolute atomic E-state index is 13.6. The van der Waals surface area contributed by atoms with Crippen LogP contribution in [0.4, 0.5) is 10.1 Å². The van der Waals surface area contributed by atoms with Crippen LogP contribution in [0, 0.1) is 11.2 Å². The van der Waals surface area contributed by atoms with Crippen LogP contribution in [-0.4, -0.2) is 5.91 Å². The van der Waals surface area contributed by atoms with E-state index in [0.717, 1.165) is 0 Å². The molecule has 88 valence electrons. The van der Waals surface area contributed by atoms with Crippen molar-refractivity contribution in [2.24, 2.45) is 5.41 Å². The molecule has 0 aromatic heterocycles. The number of carbonyl (C=O) groups excluding carboxylic acids is 1. The minimum Gasteiger partial charge on any atom is -0.323 e. The second-order valence-corrected chi connectivity index (χ2v) is 5.74. The van der Waals surface area contributed by atoms with Gasteiger partial charge in [-0.3, -0.25) is 4.79 Å². The average molecular weight is 309 g/mol. The number of nitrogens with one attached hydrogen (secondary N) is 1. The summed E-state index contributed by atoms with van der Waals surface area (Å²) in [6, 6.07) is 2.81. The van der Waals surface area contributed by atoms with Gasteiger partial charge in [0.15, 0.2) is 5.82 Å². The third-order valence-corrected chi connectivity index (χ3v) is 2.72. The minimum absolute atomic E-state index is 0.0827. The van der Waals surface area contributed by atoms with Crippen molar-refractivity contribution in [2.45, 2.75) is 20.8 Å². The largest absolute Gasteiger partial charge is 0.323 e. The zero-order valence-corrected chi connectivity index (χ0v) is 11.5. The van der Waals surface area contributed by atoms with Crippen molar-refractivity contribution in [1.29, 1.82) is 0 Å². The van der Waals surface area contributed by atoms with E-state index >= 15 is 0 Å². The maximum atomic E-state index is 13.6. The molecule has 0 radical (unpaired) electrons. The minimum atomic E-state index is -0.582. The molecule has 5 heteroatoms. The first-order valence-electron chi connectivity index (χ1n) is 4.68. The molecule has 0 saturated carbocycles. The summed E-state index contributed by atoms with van der Waals surface area (Å²) in [5.41, 5.74) is -0.499. The van der Waals surface area contributed by atoms with E-state index in [1.807, 2.05) is 0 Å². The third-order valence-electron chi connectivity index (χ3n) is 1.92. The molecule has 0 aliphatic carbocycles. The number of hydrogen-bond donors (Lipinski definition) is 1. The number of benzene rings is 1. The molecule has 1 N–H and O–H groups in total. The second kappa shape index (κ2) is 4.72. The Morgan fingerprint density at radius 3 is 2.50 bits per heavy atom. The van der Waals surface area contributed by atoms with Gasteiger partial charge < -0.3 is 5.32 Å². The number of anilines is 1. The van der Waals surface area contributed by atoms with Gasteiger partial charge in [-0.05, 0) is 28.1 Å². The highest BCUT2D eigenvalue weighted by atomic mass is 79.9. The third kappa shape index (κ3) is 3.19. The molecular weight excluding hydrogens is 296 g/mol. The predicted molar refractivity (Wildman–Crippen MR) is 67.2 cm³/mol. The SMILES string of the molecule is CC(C)(C)C(=O)Nc1cc(Cl)cc(Br)c1F. The van der Waals surface area contributed by atoms with E-state index in [-0.39, 0.29) is 16.1 Å². The van der Waals surface area contributed by atoms with Gasteiger partial charge in [-0.15, -0.1) is 0 Å². The van der Waals surface area contributed by atoms with Crippen molar-refractivity contribution in [3.05, 3.63) is 27.4 Å². The Bertz CT molecular complexity index is 429. The molecule has 0 atom stereocenters. The maximum Gasteiger partial charge on any atom is 0.229 e. The summed E-state index contributed by atoms with van der Waals surface area (Å²) in [5, 5.41) is 2.86. The summed E-state index contributed by atoms with van der Waals surface area (Å²) in [6.45, 7) is 5.25. The highest BCUT2D eigenvalue weighted by molar-refractivity contribution is 9.10.